The molecule has 0 spiro atoms. The van der Waals surface area contributed by atoms with E-state index >= 15 is 0 Å². The van der Waals surface area contributed by atoms with Crippen molar-refractivity contribution >= 4 is 17.8 Å². The van der Waals surface area contributed by atoms with Crippen LogP contribution in [0.1, 0.15) is 66.8 Å². The lowest BCUT2D eigenvalue weighted by Crippen LogP contribution is -2.43. The molecular weight excluding hydrogens is 358 g/mol. The highest BCUT2D eigenvalue weighted by Gasteiger charge is 2.27. The molecule has 2 heterocycles. The smallest absolute Gasteiger partial charge is 0.355 e. The molecule has 7 nitrogen and oxygen atoms in total. The number of aryl methyl sites for hydroxylation is 1. The first-order valence-corrected chi connectivity index (χ1v) is 10.3. The van der Waals surface area contributed by atoms with Gasteiger partial charge in [0.1, 0.15) is 5.69 Å². The van der Waals surface area contributed by atoms with Crippen molar-refractivity contribution in [2.24, 2.45) is 5.92 Å². The van der Waals surface area contributed by atoms with Crippen LogP contribution in [0.3, 0.4) is 0 Å². The Morgan fingerprint density at radius 2 is 1.86 bits per heavy atom. The predicted molar refractivity (Wildman–Crippen MR) is 107 cm³/mol. The van der Waals surface area contributed by atoms with Crippen LogP contribution in [0, 0.1) is 19.8 Å². The van der Waals surface area contributed by atoms with Crippen LogP contribution < -0.4 is 5.32 Å². The Hall–Kier alpha value is -2.31. The number of carbonyl (C=O) groups is 3. The van der Waals surface area contributed by atoms with E-state index in [0.717, 1.165) is 36.1 Å². The van der Waals surface area contributed by atoms with E-state index in [1.54, 1.807) is 6.92 Å². The third-order valence-electron chi connectivity index (χ3n) is 5.43. The van der Waals surface area contributed by atoms with Gasteiger partial charge in [-0.25, -0.2) is 4.79 Å². The highest BCUT2D eigenvalue weighted by Crippen LogP contribution is 2.22. The van der Waals surface area contributed by atoms with Gasteiger partial charge in [0.05, 0.1) is 6.61 Å². The van der Waals surface area contributed by atoms with Crippen molar-refractivity contribution in [1.82, 2.24) is 15.2 Å². The van der Waals surface area contributed by atoms with Crippen LogP contribution in [0.5, 0.6) is 0 Å². The summed E-state index contributed by atoms with van der Waals surface area (Å²) >= 11 is 0. The fraction of sp³-hybridized carbons (Fsp3) is 0.667. The molecule has 1 aromatic heterocycles. The van der Waals surface area contributed by atoms with E-state index in [0.29, 0.717) is 44.8 Å². The van der Waals surface area contributed by atoms with E-state index < -0.39 is 0 Å². The molecule has 1 aromatic rings. The second kappa shape index (κ2) is 10.3. The van der Waals surface area contributed by atoms with E-state index in [4.69, 9.17) is 4.74 Å². The fourth-order valence-electron chi connectivity index (χ4n) is 3.74. The Balaban J connectivity index is 1.87. The number of aromatic amines is 1. The van der Waals surface area contributed by atoms with Crippen molar-refractivity contribution in [3.05, 3.63) is 22.5 Å². The van der Waals surface area contributed by atoms with Gasteiger partial charge in [0, 0.05) is 37.7 Å². The van der Waals surface area contributed by atoms with E-state index in [-0.39, 0.29) is 23.7 Å². The average molecular weight is 392 g/mol. The number of esters is 1. The maximum Gasteiger partial charge on any atom is 0.355 e. The number of piperidine rings is 1. The molecule has 0 radical (unpaired) electrons. The summed E-state index contributed by atoms with van der Waals surface area (Å²) in [6, 6.07) is 0. The summed E-state index contributed by atoms with van der Waals surface area (Å²) in [6.45, 7) is 9.90. The number of hydrogen-bond acceptors (Lipinski definition) is 4. The van der Waals surface area contributed by atoms with E-state index in [9.17, 15) is 14.4 Å². The number of rotatable bonds is 8. The molecule has 1 fully saturated rings. The van der Waals surface area contributed by atoms with Gasteiger partial charge in [-0.1, -0.05) is 6.92 Å². The Morgan fingerprint density at radius 3 is 2.46 bits per heavy atom. The van der Waals surface area contributed by atoms with Gasteiger partial charge in [0.2, 0.25) is 11.8 Å². The standard InChI is InChI=1S/C21H33N3O4/c1-5-11-22-20(26)16-9-12-24(13-10-16)18(25)8-7-17-14(3)19(23-15(17)4)21(27)28-6-2/h16,23H,5-13H2,1-4H3,(H,22,26). The molecule has 1 aliphatic heterocycles. The zero-order valence-electron chi connectivity index (χ0n) is 17.5. The second-order valence-electron chi connectivity index (χ2n) is 7.40. The number of aromatic nitrogens is 1. The first-order chi connectivity index (χ1) is 13.4. The van der Waals surface area contributed by atoms with Gasteiger partial charge in [-0.15, -0.1) is 0 Å². The number of nitrogens with zero attached hydrogens (tertiary/aromatic N) is 1. The maximum atomic E-state index is 12.6. The van der Waals surface area contributed by atoms with Gasteiger partial charge in [-0.2, -0.15) is 0 Å². The Kier molecular flexibility index (Phi) is 8.08. The van der Waals surface area contributed by atoms with E-state index in [2.05, 4.69) is 10.3 Å². The molecule has 28 heavy (non-hydrogen) atoms. The Morgan fingerprint density at radius 1 is 1.18 bits per heavy atom. The van der Waals surface area contributed by atoms with Crippen LogP contribution in [0.25, 0.3) is 0 Å². The number of likely N-dealkylation sites (tertiary alicyclic amines) is 1. The third kappa shape index (κ3) is 5.36. The zero-order chi connectivity index (χ0) is 20.7. The molecule has 7 heteroatoms. The minimum Gasteiger partial charge on any atom is -0.461 e. The molecule has 0 unspecified atom stereocenters. The molecule has 1 aliphatic rings. The highest BCUT2D eigenvalue weighted by atomic mass is 16.5. The SMILES string of the molecule is CCCNC(=O)C1CCN(C(=O)CCc2c(C)[nH]c(C(=O)OCC)c2C)CC1. The van der Waals surface area contributed by atoms with Crippen molar-refractivity contribution in [2.75, 3.05) is 26.2 Å². The van der Waals surface area contributed by atoms with Crippen LogP contribution >= 0.6 is 0 Å². The van der Waals surface area contributed by atoms with Crippen molar-refractivity contribution < 1.29 is 19.1 Å². The fourth-order valence-corrected chi connectivity index (χ4v) is 3.74. The van der Waals surface area contributed by atoms with Gasteiger partial charge in [0.15, 0.2) is 0 Å². The van der Waals surface area contributed by atoms with Crippen LogP contribution in [-0.2, 0) is 20.7 Å². The molecule has 0 bridgehead atoms. The molecule has 0 aliphatic carbocycles. The minimum atomic E-state index is -0.357. The van der Waals surface area contributed by atoms with Crippen LogP contribution in [-0.4, -0.2) is 53.9 Å². The number of ether oxygens (including phenoxy) is 1. The minimum absolute atomic E-state index is 0.0110. The normalized spacial score (nSPS) is 14.8. The van der Waals surface area contributed by atoms with Crippen LogP contribution in [0.4, 0.5) is 0 Å². The highest BCUT2D eigenvalue weighted by molar-refractivity contribution is 5.90. The lowest BCUT2D eigenvalue weighted by molar-refractivity contribution is -0.135. The summed E-state index contributed by atoms with van der Waals surface area (Å²) in [7, 11) is 0. The number of H-pyrrole nitrogens is 1. The molecule has 2 rings (SSSR count). The van der Waals surface area contributed by atoms with E-state index in [1.165, 1.54) is 0 Å². The zero-order valence-corrected chi connectivity index (χ0v) is 17.5. The number of hydrogen-bond donors (Lipinski definition) is 2. The summed E-state index contributed by atoms with van der Waals surface area (Å²) in [5.74, 6) is -0.134. The molecular formula is C21H33N3O4. The van der Waals surface area contributed by atoms with Crippen molar-refractivity contribution in [1.29, 1.82) is 0 Å². The lowest BCUT2D eigenvalue weighted by atomic mass is 9.95. The van der Waals surface area contributed by atoms with Gasteiger partial charge in [-0.05, 0) is 57.6 Å². The third-order valence-corrected chi connectivity index (χ3v) is 5.43. The second-order valence-corrected chi connectivity index (χ2v) is 7.40. The first-order valence-electron chi connectivity index (χ1n) is 10.3. The van der Waals surface area contributed by atoms with Gasteiger partial charge in [-0.3, -0.25) is 9.59 Å². The van der Waals surface area contributed by atoms with Crippen LogP contribution in [0.15, 0.2) is 0 Å². The largest absolute Gasteiger partial charge is 0.461 e. The van der Waals surface area contributed by atoms with Crippen molar-refractivity contribution in [2.45, 2.75) is 59.8 Å². The molecule has 156 valence electrons. The van der Waals surface area contributed by atoms with Crippen molar-refractivity contribution in [3.63, 3.8) is 0 Å². The molecule has 2 N–H and O–H groups in total. The number of amides is 2. The Labute approximate surface area is 167 Å². The van der Waals surface area contributed by atoms with Crippen LogP contribution in [0.2, 0.25) is 0 Å². The summed E-state index contributed by atoms with van der Waals surface area (Å²) in [5, 5.41) is 2.94. The summed E-state index contributed by atoms with van der Waals surface area (Å²) in [4.78, 5) is 41.6. The number of carbonyl (C=O) groups excluding carboxylic acids is 3. The molecule has 0 saturated carbocycles. The molecule has 1 saturated heterocycles. The van der Waals surface area contributed by atoms with Gasteiger partial charge >= 0.3 is 5.97 Å². The lowest BCUT2D eigenvalue weighted by Gasteiger charge is -2.31. The maximum absolute atomic E-state index is 12.6. The quantitative estimate of drug-likeness (QED) is 0.666. The summed E-state index contributed by atoms with van der Waals surface area (Å²) in [6.07, 6.45) is 3.35. The summed E-state index contributed by atoms with van der Waals surface area (Å²) in [5.41, 5.74) is 3.24. The topological polar surface area (TPSA) is 91.5 Å². The molecule has 0 atom stereocenters. The monoisotopic (exact) mass is 391 g/mol. The molecule has 0 aromatic carbocycles. The van der Waals surface area contributed by atoms with E-state index in [1.807, 2.05) is 25.7 Å². The average Bonchev–Trinajstić information content (AvgIpc) is 2.98. The Bertz CT molecular complexity index is 703. The predicted octanol–water partition coefficient (Wildman–Crippen LogP) is 2.51. The molecule has 2 amide bonds. The van der Waals surface area contributed by atoms with Crippen molar-refractivity contribution in [3.8, 4) is 0 Å². The van der Waals surface area contributed by atoms with Gasteiger partial charge in [0.25, 0.3) is 0 Å². The number of nitrogens with one attached hydrogen (secondary N) is 2. The summed E-state index contributed by atoms with van der Waals surface area (Å²) < 4.78 is 5.07. The first kappa shape index (κ1) is 22.0. The van der Waals surface area contributed by atoms with Gasteiger partial charge < -0.3 is 19.9 Å².